The van der Waals surface area contributed by atoms with Crippen LogP contribution >= 0.6 is 27.5 Å². The molecule has 1 aliphatic rings. The number of hydrogen-bond acceptors (Lipinski definition) is 2. The molecule has 1 atom stereocenters. The second-order valence-electron chi connectivity index (χ2n) is 5.28. The van der Waals surface area contributed by atoms with Crippen molar-refractivity contribution < 1.29 is 4.74 Å². The molecule has 0 bridgehead atoms. The minimum atomic E-state index is 0.331. The molecule has 1 N–H and O–H groups in total. The molecule has 0 heterocycles. The average Bonchev–Trinajstić information content (AvgIpc) is 2.49. The minimum absolute atomic E-state index is 0.331. The summed E-state index contributed by atoms with van der Waals surface area (Å²) in [6.07, 6.45) is 3.43. The van der Waals surface area contributed by atoms with Gasteiger partial charge in [0.15, 0.2) is 0 Å². The van der Waals surface area contributed by atoms with Gasteiger partial charge in [0.25, 0.3) is 0 Å². The van der Waals surface area contributed by atoms with Crippen molar-refractivity contribution in [2.75, 3.05) is 12.4 Å². The fourth-order valence-electron chi connectivity index (χ4n) is 2.86. The quantitative estimate of drug-likeness (QED) is 0.763. The van der Waals surface area contributed by atoms with Crippen molar-refractivity contribution >= 4 is 33.2 Å². The van der Waals surface area contributed by atoms with Crippen LogP contribution in [-0.4, -0.2) is 7.11 Å². The van der Waals surface area contributed by atoms with Gasteiger partial charge in [-0.1, -0.05) is 17.7 Å². The fourth-order valence-corrected chi connectivity index (χ4v) is 3.66. The Hall–Kier alpha value is -1.19. The lowest BCUT2D eigenvalue weighted by molar-refractivity contribution is 0.413. The Kier molecular flexibility index (Phi) is 4.41. The first-order valence-corrected chi connectivity index (χ1v) is 8.23. The second-order valence-corrected chi connectivity index (χ2v) is 6.57. The normalized spacial score (nSPS) is 17.2. The van der Waals surface area contributed by atoms with E-state index in [9.17, 15) is 0 Å². The lowest BCUT2D eigenvalue weighted by atomic mass is 9.87. The van der Waals surface area contributed by atoms with Gasteiger partial charge in [-0.25, -0.2) is 0 Å². The van der Waals surface area contributed by atoms with E-state index in [1.165, 1.54) is 17.5 Å². The SMILES string of the molecule is COc1ccc2c(c1)CCCC2Nc1ccc(Cl)cc1Br. The summed E-state index contributed by atoms with van der Waals surface area (Å²) in [5.74, 6) is 0.932. The molecular weight excluding hydrogens is 350 g/mol. The van der Waals surface area contributed by atoms with Gasteiger partial charge in [0.05, 0.1) is 13.2 Å². The molecule has 0 saturated carbocycles. The molecule has 21 heavy (non-hydrogen) atoms. The first kappa shape index (κ1) is 14.7. The van der Waals surface area contributed by atoms with Crippen LogP contribution in [0.2, 0.25) is 5.02 Å². The summed E-state index contributed by atoms with van der Waals surface area (Å²) >= 11 is 9.57. The monoisotopic (exact) mass is 365 g/mol. The molecule has 0 radical (unpaired) electrons. The van der Waals surface area contributed by atoms with Crippen LogP contribution in [0.25, 0.3) is 0 Å². The van der Waals surface area contributed by atoms with Crippen LogP contribution in [0.1, 0.15) is 30.0 Å². The van der Waals surface area contributed by atoms with Crippen LogP contribution in [0, 0.1) is 0 Å². The van der Waals surface area contributed by atoms with E-state index in [1.54, 1.807) is 7.11 Å². The van der Waals surface area contributed by atoms with E-state index >= 15 is 0 Å². The van der Waals surface area contributed by atoms with Gasteiger partial charge in [-0.15, -0.1) is 0 Å². The third kappa shape index (κ3) is 3.19. The molecule has 0 saturated heterocycles. The van der Waals surface area contributed by atoms with Crippen molar-refractivity contribution in [3.8, 4) is 5.75 Å². The minimum Gasteiger partial charge on any atom is -0.497 e. The Bertz CT molecular complexity index is 659. The van der Waals surface area contributed by atoms with E-state index in [-0.39, 0.29) is 0 Å². The summed E-state index contributed by atoms with van der Waals surface area (Å²) in [6.45, 7) is 0. The summed E-state index contributed by atoms with van der Waals surface area (Å²) in [7, 11) is 1.71. The van der Waals surface area contributed by atoms with Gasteiger partial charge in [-0.3, -0.25) is 0 Å². The van der Waals surface area contributed by atoms with Gasteiger partial charge in [0.1, 0.15) is 5.75 Å². The van der Waals surface area contributed by atoms with Crippen molar-refractivity contribution in [2.24, 2.45) is 0 Å². The smallest absolute Gasteiger partial charge is 0.119 e. The zero-order valence-electron chi connectivity index (χ0n) is 11.8. The molecule has 0 amide bonds. The number of rotatable bonds is 3. The van der Waals surface area contributed by atoms with Crippen LogP contribution in [-0.2, 0) is 6.42 Å². The van der Waals surface area contributed by atoms with Crippen LogP contribution < -0.4 is 10.1 Å². The number of methoxy groups -OCH3 is 1. The van der Waals surface area contributed by atoms with Crippen LogP contribution in [0.3, 0.4) is 0 Å². The number of anilines is 1. The average molecular weight is 367 g/mol. The van der Waals surface area contributed by atoms with Crippen molar-refractivity contribution in [1.29, 1.82) is 0 Å². The molecule has 3 rings (SSSR count). The van der Waals surface area contributed by atoms with Crippen LogP contribution in [0.5, 0.6) is 5.75 Å². The zero-order chi connectivity index (χ0) is 14.8. The number of fused-ring (bicyclic) bond motifs is 1. The van der Waals surface area contributed by atoms with E-state index in [1.807, 2.05) is 24.3 Å². The Balaban J connectivity index is 1.88. The van der Waals surface area contributed by atoms with Crippen molar-refractivity contribution in [3.63, 3.8) is 0 Å². The van der Waals surface area contributed by atoms with E-state index in [0.29, 0.717) is 6.04 Å². The Morgan fingerprint density at radius 3 is 2.86 bits per heavy atom. The summed E-state index contributed by atoms with van der Waals surface area (Å²) < 4.78 is 6.32. The predicted molar refractivity (Wildman–Crippen MR) is 91.4 cm³/mol. The maximum absolute atomic E-state index is 6.00. The van der Waals surface area contributed by atoms with E-state index in [4.69, 9.17) is 16.3 Å². The van der Waals surface area contributed by atoms with Gasteiger partial charge in [0.2, 0.25) is 0 Å². The topological polar surface area (TPSA) is 21.3 Å². The van der Waals surface area contributed by atoms with Crippen LogP contribution in [0.15, 0.2) is 40.9 Å². The van der Waals surface area contributed by atoms with Crippen molar-refractivity contribution in [3.05, 3.63) is 57.0 Å². The third-order valence-electron chi connectivity index (χ3n) is 3.93. The zero-order valence-corrected chi connectivity index (χ0v) is 14.2. The number of benzene rings is 2. The lowest BCUT2D eigenvalue weighted by Crippen LogP contribution is -2.17. The summed E-state index contributed by atoms with van der Waals surface area (Å²) in [5, 5.41) is 4.36. The molecule has 0 aromatic heterocycles. The molecule has 0 aliphatic heterocycles. The first-order valence-electron chi connectivity index (χ1n) is 7.06. The fraction of sp³-hybridized carbons (Fsp3) is 0.294. The van der Waals surface area contributed by atoms with Gasteiger partial charge in [0, 0.05) is 15.2 Å². The molecule has 4 heteroatoms. The largest absolute Gasteiger partial charge is 0.497 e. The highest BCUT2D eigenvalue weighted by atomic mass is 79.9. The Morgan fingerprint density at radius 2 is 2.10 bits per heavy atom. The standard InChI is InChI=1S/C17H17BrClNO/c1-21-13-6-7-14-11(9-13)3-2-4-16(14)20-17-8-5-12(19)10-15(17)18/h5-10,16,20H,2-4H2,1H3. The second kappa shape index (κ2) is 6.29. The summed E-state index contributed by atoms with van der Waals surface area (Å²) in [4.78, 5) is 0. The maximum Gasteiger partial charge on any atom is 0.119 e. The van der Waals surface area contributed by atoms with Crippen molar-refractivity contribution in [1.82, 2.24) is 0 Å². The molecule has 1 aliphatic carbocycles. The molecular formula is C17H17BrClNO. The van der Waals surface area contributed by atoms with E-state index < -0.39 is 0 Å². The molecule has 2 aromatic rings. The molecule has 1 unspecified atom stereocenters. The number of nitrogens with one attached hydrogen (secondary N) is 1. The Morgan fingerprint density at radius 1 is 1.24 bits per heavy atom. The number of aryl methyl sites for hydroxylation is 1. The molecule has 2 nitrogen and oxygen atoms in total. The number of halogens is 2. The number of hydrogen-bond donors (Lipinski definition) is 1. The van der Waals surface area contributed by atoms with E-state index in [2.05, 4.69) is 33.4 Å². The molecule has 0 spiro atoms. The highest BCUT2D eigenvalue weighted by Crippen LogP contribution is 2.36. The highest BCUT2D eigenvalue weighted by molar-refractivity contribution is 9.10. The maximum atomic E-state index is 6.00. The van der Waals surface area contributed by atoms with Gasteiger partial charge in [-0.05, 0) is 76.7 Å². The third-order valence-corrected chi connectivity index (χ3v) is 4.82. The summed E-state index contributed by atoms with van der Waals surface area (Å²) in [5.41, 5.74) is 3.82. The Labute approximate surface area is 138 Å². The lowest BCUT2D eigenvalue weighted by Gasteiger charge is -2.28. The molecule has 0 fully saturated rings. The van der Waals surface area contributed by atoms with Gasteiger partial charge >= 0.3 is 0 Å². The molecule has 110 valence electrons. The van der Waals surface area contributed by atoms with Gasteiger partial charge < -0.3 is 10.1 Å². The highest BCUT2D eigenvalue weighted by Gasteiger charge is 2.21. The first-order chi connectivity index (χ1) is 10.2. The van der Waals surface area contributed by atoms with E-state index in [0.717, 1.165) is 33.8 Å². The van der Waals surface area contributed by atoms with Crippen LogP contribution in [0.4, 0.5) is 5.69 Å². The molecule has 2 aromatic carbocycles. The van der Waals surface area contributed by atoms with Crippen molar-refractivity contribution in [2.45, 2.75) is 25.3 Å². The summed E-state index contributed by atoms with van der Waals surface area (Å²) in [6, 6.07) is 12.5. The predicted octanol–water partition coefficient (Wildman–Crippen LogP) is 5.60. The van der Waals surface area contributed by atoms with Gasteiger partial charge in [-0.2, -0.15) is 0 Å². The number of ether oxygens (including phenoxy) is 1.